The Kier molecular flexibility index (Phi) is 4.31. The fourth-order valence-electron chi connectivity index (χ4n) is 1.70. The van der Waals surface area contributed by atoms with Gasteiger partial charge in [0, 0.05) is 0 Å². The first kappa shape index (κ1) is 13.9. The second-order valence-electron chi connectivity index (χ2n) is 5.15. The fraction of sp³-hybridized carbons (Fsp3) is 1.00. The second kappa shape index (κ2) is 4.98. The third-order valence-corrected chi connectivity index (χ3v) is 2.54. The molecule has 0 aliphatic carbocycles. The lowest BCUT2D eigenvalue weighted by Gasteiger charge is -2.42. The van der Waals surface area contributed by atoms with Gasteiger partial charge in [-0.2, -0.15) is 0 Å². The Morgan fingerprint density at radius 1 is 1.06 bits per heavy atom. The molecule has 0 unspecified atom stereocenters. The summed E-state index contributed by atoms with van der Waals surface area (Å²) in [5, 5.41) is 29.0. The zero-order valence-corrected chi connectivity index (χ0v) is 10.3. The Morgan fingerprint density at radius 3 is 2.06 bits per heavy atom. The van der Waals surface area contributed by atoms with Gasteiger partial charge in [0.15, 0.2) is 6.29 Å². The topological polar surface area (TPSA) is 79.2 Å². The minimum Gasteiger partial charge on any atom is -0.388 e. The van der Waals surface area contributed by atoms with Crippen LogP contribution < -0.4 is 0 Å². The van der Waals surface area contributed by atoms with Gasteiger partial charge in [0.2, 0.25) is 0 Å². The van der Waals surface area contributed by atoms with E-state index < -0.39 is 36.3 Å². The standard InChI is InChI=1S/C11H22O5/c1-5-6-7(12)8(13)9(14)10(15-6)16-11(2,3)4/h6-10,12-14H,5H2,1-4H3/t6-,7-,8+,9-,10+/m1/s1. The van der Waals surface area contributed by atoms with Crippen LogP contribution in [0.15, 0.2) is 0 Å². The summed E-state index contributed by atoms with van der Waals surface area (Å²) in [6.45, 7) is 7.34. The van der Waals surface area contributed by atoms with Crippen molar-refractivity contribution in [3.63, 3.8) is 0 Å². The van der Waals surface area contributed by atoms with Crippen molar-refractivity contribution in [2.75, 3.05) is 0 Å². The van der Waals surface area contributed by atoms with Gasteiger partial charge in [0.25, 0.3) is 0 Å². The first-order valence-corrected chi connectivity index (χ1v) is 5.63. The number of aliphatic hydroxyl groups excluding tert-OH is 3. The summed E-state index contributed by atoms with van der Waals surface area (Å²) in [7, 11) is 0. The Bertz CT molecular complexity index is 223. The average molecular weight is 234 g/mol. The van der Waals surface area contributed by atoms with E-state index in [1.165, 1.54) is 0 Å². The molecule has 16 heavy (non-hydrogen) atoms. The monoisotopic (exact) mass is 234 g/mol. The van der Waals surface area contributed by atoms with E-state index in [1.807, 2.05) is 27.7 Å². The maximum atomic E-state index is 9.72. The van der Waals surface area contributed by atoms with E-state index in [2.05, 4.69) is 0 Å². The van der Waals surface area contributed by atoms with Crippen molar-refractivity contribution < 1.29 is 24.8 Å². The van der Waals surface area contributed by atoms with Gasteiger partial charge in [-0.1, -0.05) is 6.92 Å². The van der Waals surface area contributed by atoms with Crippen LogP contribution in [0.2, 0.25) is 0 Å². The molecule has 1 aliphatic heterocycles. The Balaban J connectivity index is 2.71. The van der Waals surface area contributed by atoms with E-state index in [4.69, 9.17) is 9.47 Å². The van der Waals surface area contributed by atoms with Gasteiger partial charge in [-0.05, 0) is 27.2 Å². The molecule has 1 heterocycles. The number of hydrogen-bond acceptors (Lipinski definition) is 5. The molecule has 0 aromatic heterocycles. The number of rotatable bonds is 2. The summed E-state index contributed by atoms with van der Waals surface area (Å²) in [6, 6.07) is 0. The SMILES string of the molecule is CC[C@H]1O[C@@H](OC(C)(C)C)[C@H](O)[C@@H](O)[C@@H]1O. The summed E-state index contributed by atoms with van der Waals surface area (Å²) in [6.07, 6.45) is -4.38. The molecule has 0 bridgehead atoms. The zero-order chi connectivity index (χ0) is 12.5. The van der Waals surface area contributed by atoms with Crippen molar-refractivity contribution in [2.24, 2.45) is 0 Å². The third kappa shape index (κ3) is 3.15. The number of aliphatic hydroxyl groups is 3. The maximum Gasteiger partial charge on any atom is 0.187 e. The quantitative estimate of drug-likeness (QED) is 0.627. The van der Waals surface area contributed by atoms with Crippen LogP contribution in [0, 0.1) is 0 Å². The normalized spacial score (nSPS) is 41.1. The van der Waals surface area contributed by atoms with Crippen molar-refractivity contribution >= 4 is 0 Å². The van der Waals surface area contributed by atoms with Gasteiger partial charge in [0.1, 0.15) is 18.3 Å². The molecule has 5 heteroatoms. The highest BCUT2D eigenvalue weighted by atomic mass is 16.7. The molecular weight excluding hydrogens is 212 g/mol. The van der Waals surface area contributed by atoms with Crippen LogP contribution in [0.4, 0.5) is 0 Å². The average Bonchev–Trinajstić information content (AvgIpc) is 2.17. The van der Waals surface area contributed by atoms with E-state index in [1.54, 1.807) is 0 Å². The molecule has 3 N–H and O–H groups in total. The molecule has 1 saturated heterocycles. The van der Waals surface area contributed by atoms with Gasteiger partial charge >= 0.3 is 0 Å². The van der Waals surface area contributed by atoms with E-state index in [-0.39, 0.29) is 0 Å². The molecule has 0 spiro atoms. The highest BCUT2D eigenvalue weighted by Gasteiger charge is 2.44. The summed E-state index contributed by atoms with van der Waals surface area (Å²) < 4.78 is 10.9. The molecular formula is C11H22O5. The van der Waals surface area contributed by atoms with Crippen LogP contribution in [-0.4, -0.2) is 51.6 Å². The largest absolute Gasteiger partial charge is 0.388 e. The van der Waals surface area contributed by atoms with E-state index >= 15 is 0 Å². The van der Waals surface area contributed by atoms with Gasteiger partial charge in [-0.15, -0.1) is 0 Å². The third-order valence-electron chi connectivity index (χ3n) is 2.54. The Morgan fingerprint density at radius 2 is 1.62 bits per heavy atom. The molecule has 1 rings (SSSR count). The number of ether oxygens (including phenoxy) is 2. The molecule has 1 fully saturated rings. The highest BCUT2D eigenvalue weighted by Crippen LogP contribution is 2.26. The Hall–Kier alpha value is -0.200. The first-order valence-electron chi connectivity index (χ1n) is 5.63. The maximum absolute atomic E-state index is 9.72. The van der Waals surface area contributed by atoms with E-state index in [0.29, 0.717) is 6.42 Å². The summed E-state index contributed by atoms with van der Waals surface area (Å²) in [5.41, 5.74) is -0.480. The van der Waals surface area contributed by atoms with Crippen molar-refractivity contribution in [1.29, 1.82) is 0 Å². The van der Waals surface area contributed by atoms with Crippen LogP contribution in [-0.2, 0) is 9.47 Å². The van der Waals surface area contributed by atoms with Crippen molar-refractivity contribution in [2.45, 2.75) is 70.4 Å². The zero-order valence-electron chi connectivity index (χ0n) is 10.3. The number of hydrogen-bond donors (Lipinski definition) is 3. The van der Waals surface area contributed by atoms with Crippen molar-refractivity contribution in [1.82, 2.24) is 0 Å². The highest BCUT2D eigenvalue weighted by molar-refractivity contribution is 4.89. The Labute approximate surface area is 96.0 Å². The fourth-order valence-corrected chi connectivity index (χ4v) is 1.70. The van der Waals surface area contributed by atoms with Crippen LogP contribution in [0.25, 0.3) is 0 Å². The first-order chi connectivity index (χ1) is 7.26. The van der Waals surface area contributed by atoms with Crippen LogP contribution in [0.3, 0.4) is 0 Å². The summed E-state index contributed by atoms with van der Waals surface area (Å²) in [5.74, 6) is 0. The van der Waals surface area contributed by atoms with Gasteiger partial charge in [-0.3, -0.25) is 0 Å². The lowest BCUT2D eigenvalue weighted by atomic mass is 9.97. The van der Waals surface area contributed by atoms with Crippen LogP contribution in [0.5, 0.6) is 0 Å². The van der Waals surface area contributed by atoms with E-state index in [0.717, 1.165) is 0 Å². The minimum absolute atomic E-state index is 0.480. The second-order valence-corrected chi connectivity index (χ2v) is 5.15. The molecule has 5 nitrogen and oxygen atoms in total. The minimum atomic E-state index is -1.23. The predicted molar refractivity (Wildman–Crippen MR) is 57.8 cm³/mol. The van der Waals surface area contributed by atoms with E-state index in [9.17, 15) is 15.3 Å². The molecule has 0 aromatic rings. The summed E-state index contributed by atoms with van der Waals surface area (Å²) >= 11 is 0. The smallest absolute Gasteiger partial charge is 0.187 e. The summed E-state index contributed by atoms with van der Waals surface area (Å²) in [4.78, 5) is 0. The lowest BCUT2D eigenvalue weighted by Crippen LogP contribution is -2.59. The van der Waals surface area contributed by atoms with Crippen molar-refractivity contribution in [3.8, 4) is 0 Å². The molecule has 0 radical (unpaired) electrons. The molecule has 0 saturated carbocycles. The predicted octanol–water partition coefficient (Wildman–Crippen LogP) is 0.0191. The van der Waals surface area contributed by atoms with Crippen LogP contribution >= 0.6 is 0 Å². The van der Waals surface area contributed by atoms with Crippen molar-refractivity contribution in [3.05, 3.63) is 0 Å². The molecule has 0 aromatic carbocycles. The molecule has 1 aliphatic rings. The molecule has 96 valence electrons. The molecule has 5 atom stereocenters. The molecule has 0 amide bonds. The van der Waals surface area contributed by atoms with Gasteiger partial charge < -0.3 is 24.8 Å². The van der Waals surface area contributed by atoms with Gasteiger partial charge in [-0.25, -0.2) is 0 Å². The van der Waals surface area contributed by atoms with Crippen LogP contribution in [0.1, 0.15) is 34.1 Å². The lowest BCUT2D eigenvalue weighted by molar-refractivity contribution is -0.317. The van der Waals surface area contributed by atoms with Gasteiger partial charge in [0.05, 0.1) is 11.7 Å².